The van der Waals surface area contributed by atoms with Crippen LogP contribution in [0.4, 0.5) is 30.0 Å². The molecule has 9 nitrogen and oxygen atoms in total. The summed E-state index contributed by atoms with van der Waals surface area (Å²) in [7, 11) is 0. The van der Waals surface area contributed by atoms with Crippen molar-refractivity contribution in [2.24, 2.45) is 0 Å². The van der Waals surface area contributed by atoms with Gasteiger partial charge in [-0.15, -0.1) is 0 Å². The number of urea groups is 1. The maximum absolute atomic E-state index is 14.4. The van der Waals surface area contributed by atoms with Crippen molar-refractivity contribution in [2.45, 2.75) is 58.2 Å². The number of carbonyl (C=O) groups is 2. The van der Waals surface area contributed by atoms with Crippen molar-refractivity contribution in [1.82, 2.24) is 25.1 Å². The van der Waals surface area contributed by atoms with Gasteiger partial charge in [0.1, 0.15) is 17.2 Å². The molecule has 0 spiro atoms. The number of hydrogen-bond acceptors (Lipinski definition) is 6. The highest BCUT2D eigenvalue weighted by atomic mass is 35.5. The van der Waals surface area contributed by atoms with Crippen LogP contribution in [-0.2, 0) is 17.7 Å². The van der Waals surface area contributed by atoms with Crippen molar-refractivity contribution in [2.75, 3.05) is 25.0 Å². The van der Waals surface area contributed by atoms with E-state index in [1.807, 2.05) is 0 Å². The van der Waals surface area contributed by atoms with Crippen LogP contribution in [0.3, 0.4) is 0 Å². The average Bonchev–Trinajstić information content (AvgIpc) is 3.34. The SMILES string of the molecule is Cc1cc(F)ccc1Nc1ncc2c(n1)CN(C(=O)N[C@@H]1CN(C(=O)OC(C)(C)C)C[C@H]1c1ccc(Cl)c(F)c1)CC2. The highest BCUT2D eigenvalue weighted by Gasteiger charge is 2.40. The number of fused-ring (bicyclic) bond motifs is 1. The second-order valence-electron chi connectivity index (χ2n) is 11.6. The summed E-state index contributed by atoms with van der Waals surface area (Å²) in [5.41, 5.74) is 2.97. The maximum Gasteiger partial charge on any atom is 0.410 e. The predicted octanol–water partition coefficient (Wildman–Crippen LogP) is 5.93. The minimum atomic E-state index is -0.688. The summed E-state index contributed by atoms with van der Waals surface area (Å²) >= 11 is 5.91. The molecule has 1 saturated heterocycles. The lowest BCUT2D eigenvalue weighted by Crippen LogP contribution is -2.49. The zero-order valence-electron chi connectivity index (χ0n) is 23.9. The van der Waals surface area contributed by atoms with Gasteiger partial charge >= 0.3 is 12.1 Å². The molecule has 1 aromatic heterocycles. The van der Waals surface area contributed by atoms with E-state index in [0.29, 0.717) is 41.4 Å². The van der Waals surface area contributed by atoms with Crippen LogP contribution < -0.4 is 10.6 Å². The van der Waals surface area contributed by atoms with E-state index in [4.69, 9.17) is 16.3 Å². The molecule has 222 valence electrons. The first-order valence-electron chi connectivity index (χ1n) is 13.7. The topological polar surface area (TPSA) is 99.7 Å². The van der Waals surface area contributed by atoms with Crippen molar-refractivity contribution in [3.63, 3.8) is 0 Å². The third kappa shape index (κ3) is 6.73. The molecule has 2 atom stereocenters. The summed E-state index contributed by atoms with van der Waals surface area (Å²) < 4.78 is 33.4. The Hall–Kier alpha value is -3.99. The van der Waals surface area contributed by atoms with E-state index in [0.717, 1.165) is 5.56 Å². The lowest BCUT2D eigenvalue weighted by molar-refractivity contribution is 0.0289. The second-order valence-corrected chi connectivity index (χ2v) is 12.0. The lowest BCUT2D eigenvalue weighted by Gasteiger charge is -2.30. The van der Waals surface area contributed by atoms with E-state index in [2.05, 4.69) is 20.6 Å². The summed E-state index contributed by atoms with van der Waals surface area (Å²) in [6.45, 7) is 8.29. The van der Waals surface area contributed by atoms with Crippen molar-refractivity contribution >= 4 is 35.4 Å². The fraction of sp³-hybridized carbons (Fsp3) is 0.400. The number of aromatic nitrogens is 2. The Bertz CT molecular complexity index is 1510. The first kappa shape index (κ1) is 29.5. The molecule has 5 rings (SSSR count). The number of anilines is 2. The highest BCUT2D eigenvalue weighted by molar-refractivity contribution is 6.30. The quantitative estimate of drug-likeness (QED) is 0.386. The van der Waals surface area contributed by atoms with Crippen molar-refractivity contribution in [1.29, 1.82) is 0 Å². The van der Waals surface area contributed by atoms with Gasteiger partial charge in [-0.05, 0) is 81.1 Å². The minimum Gasteiger partial charge on any atom is -0.444 e. The Morgan fingerprint density at radius 2 is 1.88 bits per heavy atom. The van der Waals surface area contributed by atoms with Gasteiger partial charge in [-0.25, -0.2) is 28.3 Å². The summed E-state index contributed by atoms with van der Waals surface area (Å²) in [6, 6.07) is 8.12. The molecule has 3 amide bonds. The van der Waals surface area contributed by atoms with Crippen LogP contribution in [0.2, 0.25) is 5.02 Å². The predicted molar refractivity (Wildman–Crippen MR) is 155 cm³/mol. The summed E-state index contributed by atoms with van der Waals surface area (Å²) in [6.07, 6.45) is 1.80. The van der Waals surface area contributed by atoms with Gasteiger partial charge in [0.2, 0.25) is 5.95 Å². The van der Waals surface area contributed by atoms with E-state index in [1.165, 1.54) is 29.2 Å². The fourth-order valence-corrected chi connectivity index (χ4v) is 5.30. The Kier molecular flexibility index (Phi) is 8.23. The molecule has 3 heterocycles. The summed E-state index contributed by atoms with van der Waals surface area (Å²) in [4.78, 5) is 38.6. The van der Waals surface area contributed by atoms with E-state index >= 15 is 0 Å². The molecule has 0 aliphatic carbocycles. The second kappa shape index (κ2) is 11.7. The molecule has 2 aliphatic rings. The average molecular weight is 599 g/mol. The number of aryl methyl sites for hydroxylation is 1. The zero-order chi connectivity index (χ0) is 30.2. The first-order chi connectivity index (χ1) is 19.9. The molecule has 0 unspecified atom stereocenters. The number of amides is 3. The molecule has 12 heteroatoms. The van der Waals surface area contributed by atoms with Crippen LogP contribution in [0, 0.1) is 18.6 Å². The van der Waals surface area contributed by atoms with Gasteiger partial charge in [0.05, 0.1) is 23.3 Å². The van der Waals surface area contributed by atoms with Gasteiger partial charge in [0.15, 0.2) is 0 Å². The third-order valence-electron chi connectivity index (χ3n) is 7.32. The van der Waals surface area contributed by atoms with Crippen LogP contribution in [0.1, 0.15) is 49.1 Å². The number of rotatable bonds is 4. The number of ether oxygens (including phenoxy) is 1. The van der Waals surface area contributed by atoms with Gasteiger partial charge in [0.25, 0.3) is 0 Å². The Labute approximate surface area is 248 Å². The summed E-state index contributed by atoms with van der Waals surface area (Å²) in [5, 5.41) is 6.18. The van der Waals surface area contributed by atoms with E-state index in [1.54, 1.807) is 50.9 Å². The molecular formula is C30H33ClF2N6O3. The van der Waals surface area contributed by atoms with Gasteiger partial charge in [-0.1, -0.05) is 17.7 Å². The van der Waals surface area contributed by atoms with Gasteiger partial charge in [0, 0.05) is 37.4 Å². The molecule has 42 heavy (non-hydrogen) atoms. The molecule has 0 radical (unpaired) electrons. The number of nitrogens with zero attached hydrogens (tertiary/aromatic N) is 4. The highest BCUT2D eigenvalue weighted by Crippen LogP contribution is 2.31. The van der Waals surface area contributed by atoms with Crippen molar-refractivity contribution < 1.29 is 23.1 Å². The molecule has 0 bridgehead atoms. The van der Waals surface area contributed by atoms with Crippen LogP contribution in [-0.4, -0.2) is 63.2 Å². The monoisotopic (exact) mass is 598 g/mol. The van der Waals surface area contributed by atoms with Gasteiger partial charge in [-0.2, -0.15) is 0 Å². The third-order valence-corrected chi connectivity index (χ3v) is 7.63. The molecule has 2 aromatic carbocycles. The van der Waals surface area contributed by atoms with Crippen LogP contribution in [0.5, 0.6) is 0 Å². The molecule has 0 saturated carbocycles. The van der Waals surface area contributed by atoms with Gasteiger partial charge in [-0.3, -0.25) is 0 Å². The van der Waals surface area contributed by atoms with E-state index in [9.17, 15) is 18.4 Å². The number of carbonyl (C=O) groups excluding carboxylic acids is 2. The smallest absolute Gasteiger partial charge is 0.410 e. The maximum atomic E-state index is 14.4. The molecule has 2 N–H and O–H groups in total. The minimum absolute atomic E-state index is 0.00116. The van der Waals surface area contributed by atoms with Crippen LogP contribution in [0.15, 0.2) is 42.6 Å². The first-order valence-corrected chi connectivity index (χ1v) is 14.1. The standard InChI is InChI=1S/C30H33ClF2N6O3/c1-17-11-20(32)6-8-24(17)35-27-34-13-19-9-10-38(15-25(19)36-27)28(40)37-26-16-39(29(41)42-30(2,3)4)14-21(26)18-5-7-22(31)23(33)12-18/h5-8,11-13,21,26H,9-10,14-16H2,1-4H3,(H,37,40)(H,34,35,36)/t21-,26+/m0/s1. The number of hydrogen-bond donors (Lipinski definition) is 2. The number of benzene rings is 2. The number of likely N-dealkylation sites (tertiary alicyclic amines) is 1. The van der Waals surface area contributed by atoms with E-state index in [-0.39, 0.29) is 42.4 Å². The lowest BCUT2D eigenvalue weighted by atomic mass is 9.94. The van der Waals surface area contributed by atoms with Gasteiger partial charge < -0.3 is 25.2 Å². The summed E-state index contributed by atoms with van der Waals surface area (Å²) in [5.74, 6) is -0.921. The number of nitrogens with one attached hydrogen (secondary N) is 2. The van der Waals surface area contributed by atoms with Crippen LogP contribution >= 0.6 is 11.6 Å². The largest absolute Gasteiger partial charge is 0.444 e. The van der Waals surface area contributed by atoms with Crippen molar-refractivity contribution in [3.8, 4) is 0 Å². The fourth-order valence-electron chi connectivity index (χ4n) is 5.18. The van der Waals surface area contributed by atoms with Crippen LogP contribution in [0.25, 0.3) is 0 Å². The normalized spacial score (nSPS) is 18.5. The Morgan fingerprint density at radius 1 is 1.10 bits per heavy atom. The number of halogens is 3. The van der Waals surface area contributed by atoms with E-state index < -0.39 is 23.6 Å². The molecule has 1 fully saturated rings. The molecular weight excluding hydrogens is 566 g/mol. The van der Waals surface area contributed by atoms with Crippen molar-refractivity contribution in [3.05, 3.63) is 81.6 Å². The Morgan fingerprint density at radius 3 is 2.60 bits per heavy atom. The zero-order valence-corrected chi connectivity index (χ0v) is 24.6. The Balaban J connectivity index is 1.31. The molecule has 3 aromatic rings. The molecule has 2 aliphatic heterocycles.